The molecule has 100 valence electrons. The van der Waals surface area contributed by atoms with E-state index in [1.54, 1.807) is 0 Å². The van der Waals surface area contributed by atoms with Crippen molar-refractivity contribution in [3.05, 3.63) is 0 Å². The lowest BCUT2D eigenvalue weighted by atomic mass is 10.2. The van der Waals surface area contributed by atoms with Crippen LogP contribution >= 0.6 is 0 Å². The lowest BCUT2D eigenvalue weighted by molar-refractivity contribution is -0.145. The molecule has 0 heterocycles. The summed E-state index contributed by atoms with van der Waals surface area (Å²) in [5.41, 5.74) is 0. The Labute approximate surface area is 99.9 Å². The smallest absolute Gasteiger partial charge is 0.322 e. The van der Waals surface area contributed by atoms with Gasteiger partial charge in [-0.05, 0) is 12.3 Å². The molecule has 0 fully saturated rings. The fraction of sp³-hybridized carbons (Fsp3) is 0.778. The molecule has 0 aliphatic heterocycles. The van der Waals surface area contributed by atoms with Crippen LogP contribution in [0, 0.1) is 5.92 Å². The van der Waals surface area contributed by atoms with Crippen molar-refractivity contribution in [3.63, 3.8) is 0 Å². The molecule has 17 heavy (non-hydrogen) atoms. The van der Waals surface area contributed by atoms with Gasteiger partial charge >= 0.3 is 11.9 Å². The molecule has 0 aromatic carbocycles. The van der Waals surface area contributed by atoms with Gasteiger partial charge in [-0.1, -0.05) is 13.8 Å². The highest BCUT2D eigenvalue weighted by molar-refractivity contribution is 7.89. The predicted molar refractivity (Wildman–Crippen MR) is 60.1 cm³/mol. The highest BCUT2D eigenvalue weighted by Crippen LogP contribution is 2.04. The standard InChI is InChI=1S/C9H17NO6S/c1-6(2)3-4-17(15,16)10-7(9(13)14)5-8(11)12/h6-7,10H,3-5H2,1-2H3,(H,11,12)(H,13,14)/t7-/m0/s1. The minimum atomic E-state index is -3.76. The number of hydrogen-bond acceptors (Lipinski definition) is 4. The Morgan fingerprint density at radius 3 is 2.12 bits per heavy atom. The van der Waals surface area contributed by atoms with Crippen LogP contribution < -0.4 is 4.72 Å². The maximum Gasteiger partial charge on any atom is 0.322 e. The van der Waals surface area contributed by atoms with Gasteiger partial charge in [-0.3, -0.25) is 9.59 Å². The molecular formula is C9H17NO6S. The Morgan fingerprint density at radius 2 is 1.76 bits per heavy atom. The van der Waals surface area contributed by atoms with Crippen LogP contribution in [-0.2, 0) is 19.6 Å². The molecule has 0 radical (unpaired) electrons. The van der Waals surface area contributed by atoms with Crippen LogP contribution in [0.4, 0.5) is 0 Å². The third kappa shape index (κ3) is 7.70. The van der Waals surface area contributed by atoms with E-state index in [1.807, 2.05) is 18.6 Å². The molecule has 0 saturated carbocycles. The van der Waals surface area contributed by atoms with Crippen molar-refractivity contribution < 1.29 is 28.2 Å². The molecule has 0 saturated heterocycles. The molecule has 8 heteroatoms. The summed E-state index contributed by atoms with van der Waals surface area (Å²) >= 11 is 0. The first-order valence-corrected chi connectivity index (χ1v) is 6.74. The number of aliphatic carboxylic acids is 2. The Bertz CT molecular complexity index is 375. The molecule has 0 aromatic rings. The molecule has 7 nitrogen and oxygen atoms in total. The van der Waals surface area contributed by atoms with Crippen LogP contribution in [-0.4, -0.2) is 42.4 Å². The van der Waals surface area contributed by atoms with Gasteiger partial charge in [0.05, 0.1) is 12.2 Å². The van der Waals surface area contributed by atoms with E-state index in [-0.39, 0.29) is 11.7 Å². The van der Waals surface area contributed by atoms with Crippen molar-refractivity contribution in [2.75, 3.05) is 5.75 Å². The van der Waals surface area contributed by atoms with Crippen molar-refractivity contribution in [2.24, 2.45) is 5.92 Å². The summed E-state index contributed by atoms with van der Waals surface area (Å²) in [7, 11) is -3.76. The highest BCUT2D eigenvalue weighted by atomic mass is 32.2. The monoisotopic (exact) mass is 267 g/mol. The second kappa shape index (κ2) is 6.55. The van der Waals surface area contributed by atoms with Crippen molar-refractivity contribution in [1.29, 1.82) is 0 Å². The van der Waals surface area contributed by atoms with Crippen LogP contribution in [0.2, 0.25) is 0 Å². The topological polar surface area (TPSA) is 121 Å². The van der Waals surface area contributed by atoms with E-state index in [0.717, 1.165) is 0 Å². The zero-order valence-corrected chi connectivity index (χ0v) is 10.5. The van der Waals surface area contributed by atoms with Gasteiger partial charge in [-0.15, -0.1) is 0 Å². The minimum Gasteiger partial charge on any atom is -0.481 e. The Balaban J connectivity index is 4.53. The molecule has 0 bridgehead atoms. The first-order chi connectivity index (χ1) is 7.64. The summed E-state index contributed by atoms with van der Waals surface area (Å²) in [5, 5.41) is 17.1. The van der Waals surface area contributed by atoms with E-state index in [0.29, 0.717) is 6.42 Å². The maximum absolute atomic E-state index is 11.5. The second-order valence-corrected chi connectivity index (χ2v) is 5.98. The number of carboxylic acid groups (broad SMARTS) is 2. The van der Waals surface area contributed by atoms with Crippen LogP contribution in [0.5, 0.6) is 0 Å². The average molecular weight is 267 g/mol. The van der Waals surface area contributed by atoms with Gasteiger partial charge in [0.15, 0.2) is 0 Å². The van der Waals surface area contributed by atoms with Gasteiger partial charge in [0.25, 0.3) is 0 Å². The minimum absolute atomic E-state index is 0.161. The average Bonchev–Trinajstić information content (AvgIpc) is 2.12. The largest absolute Gasteiger partial charge is 0.481 e. The zero-order valence-electron chi connectivity index (χ0n) is 9.71. The van der Waals surface area contributed by atoms with Gasteiger partial charge in [0.2, 0.25) is 10.0 Å². The molecule has 0 amide bonds. The summed E-state index contributed by atoms with van der Waals surface area (Å²) < 4.78 is 24.8. The molecule has 0 rings (SSSR count). The van der Waals surface area contributed by atoms with E-state index in [9.17, 15) is 18.0 Å². The van der Waals surface area contributed by atoms with E-state index in [2.05, 4.69) is 0 Å². The van der Waals surface area contributed by atoms with Crippen LogP contribution in [0.3, 0.4) is 0 Å². The normalized spacial score (nSPS) is 13.6. The quantitative estimate of drug-likeness (QED) is 0.563. The number of sulfonamides is 1. The molecule has 0 unspecified atom stereocenters. The number of nitrogens with one attached hydrogen (secondary N) is 1. The van der Waals surface area contributed by atoms with Crippen molar-refractivity contribution in [1.82, 2.24) is 4.72 Å². The third-order valence-corrected chi connectivity index (χ3v) is 3.38. The van der Waals surface area contributed by atoms with Gasteiger partial charge in [-0.2, -0.15) is 0 Å². The molecule has 0 aliphatic carbocycles. The number of hydrogen-bond donors (Lipinski definition) is 3. The molecule has 0 aliphatic rings. The SMILES string of the molecule is CC(C)CCS(=O)(=O)N[C@@H](CC(=O)O)C(=O)O. The lowest BCUT2D eigenvalue weighted by Gasteiger charge is -2.13. The van der Waals surface area contributed by atoms with Gasteiger partial charge < -0.3 is 10.2 Å². The van der Waals surface area contributed by atoms with Gasteiger partial charge in [0, 0.05) is 0 Å². The lowest BCUT2D eigenvalue weighted by Crippen LogP contribution is -2.43. The van der Waals surface area contributed by atoms with E-state index >= 15 is 0 Å². The Kier molecular flexibility index (Phi) is 6.11. The predicted octanol–water partition coefficient (Wildman–Crippen LogP) is -0.120. The fourth-order valence-electron chi connectivity index (χ4n) is 1.02. The molecular weight excluding hydrogens is 250 g/mol. The summed E-state index contributed by atoms with van der Waals surface area (Å²) in [6, 6.07) is -1.62. The summed E-state index contributed by atoms with van der Waals surface area (Å²) in [5.74, 6) is -2.92. The van der Waals surface area contributed by atoms with E-state index < -0.39 is 34.4 Å². The summed E-state index contributed by atoms with van der Waals surface area (Å²) in [4.78, 5) is 21.0. The van der Waals surface area contributed by atoms with Crippen LogP contribution in [0.25, 0.3) is 0 Å². The second-order valence-electron chi connectivity index (χ2n) is 4.11. The van der Waals surface area contributed by atoms with Gasteiger partial charge in [-0.25, -0.2) is 13.1 Å². The summed E-state index contributed by atoms with van der Waals surface area (Å²) in [6.07, 6.45) is -0.398. The number of rotatable bonds is 8. The first kappa shape index (κ1) is 15.9. The number of carboxylic acids is 2. The van der Waals surface area contributed by atoms with Crippen molar-refractivity contribution in [2.45, 2.75) is 32.7 Å². The van der Waals surface area contributed by atoms with Gasteiger partial charge in [0.1, 0.15) is 6.04 Å². The highest BCUT2D eigenvalue weighted by Gasteiger charge is 2.26. The fourth-order valence-corrected chi connectivity index (χ4v) is 2.54. The molecule has 3 N–H and O–H groups in total. The molecule has 0 spiro atoms. The Hall–Kier alpha value is -1.15. The van der Waals surface area contributed by atoms with Crippen molar-refractivity contribution >= 4 is 22.0 Å². The van der Waals surface area contributed by atoms with E-state index in [1.165, 1.54) is 0 Å². The third-order valence-electron chi connectivity index (χ3n) is 1.96. The Morgan fingerprint density at radius 1 is 1.24 bits per heavy atom. The van der Waals surface area contributed by atoms with Crippen molar-refractivity contribution in [3.8, 4) is 0 Å². The van der Waals surface area contributed by atoms with E-state index in [4.69, 9.17) is 10.2 Å². The van der Waals surface area contributed by atoms with Crippen LogP contribution in [0.1, 0.15) is 26.7 Å². The summed E-state index contributed by atoms with van der Waals surface area (Å²) in [6.45, 7) is 3.67. The maximum atomic E-state index is 11.5. The zero-order chi connectivity index (χ0) is 13.6. The molecule has 1 atom stereocenters. The molecule has 0 aromatic heterocycles. The van der Waals surface area contributed by atoms with Crippen LogP contribution in [0.15, 0.2) is 0 Å². The first-order valence-electron chi connectivity index (χ1n) is 5.08. The number of carbonyl (C=O) groups is 2.